The zero-order chi connectivity index (χ0) is 31.0. The first-order valence-electron chi connectivity index (χ1n) is 15.6. The molecule has 0 saturated carbocycles. The molecule has 0 saturated heterocycles. The minimum Gasteiger partial charge on any atom is -0.504 e. The first-order chi connectivity index (χ1) is 20.8. The number of hydrogen-bond acceptors (Lipinski definition) is 7. The Bertz CT molecular complexity index is 1430. The van der Waals surface area contributed by atoms with Crippen LogP contribution in [-0.2, 0) is 4.79 Å². The van der Waals surface area contributed by atoms with Crippen LogP contribution in [0.2, 0.25) is 0 Å². The monoisotopic (exact) mass is 590 g/mol. The van der Waals surface area contributed by atoms with Crippen LogP contribution in [0.25, 0.3) is 22.3 Å². The lowest BCUT2D eigenvalue weighted by Crippen LogP contribution is -2.16. The van der Waals surface area contributed by atoms with Crippen molar-refractivity contribution in [2.45, 2.75) is 104 Å². The Morgan fingerprint density at radius 1 is 0.860 bits per heavy atom. The molecule has 0 spiro atoms. The number of allylic oxidation sites excluding steroid dienone is 4. The second-order valence-corrected chi connectivity index (χ2v) is 11.1. The average Bonchev–Trinajstić information content (AvgIpc) is 2.97. The number of carbonyl (C=O) groups is 1. The molecule has 0 bridgehead atoms. The highest BCUT2D eigenvalue weighted by Crippen LogP contribution is 2.36. The number of hydrogen-bond donors (Lipinski definition) is 2. The lowest BCUT2D eigenvalue weighted by molar-refractivity contribution is -0.134. The SMILES string of the molecule is CCCCC/C=C\C/C=C\CCCCCCCC(=O)Oc1c(-c2ccc(O)c(O)c2)oc2cc(OC(C)C)ccc2c1=O. The lowest BCUT2D eigenvalue weighted by atomic mass is 10.1. The van der Waals surface area contributed by atoms with Crippen LogP contribution in [0, 0.1) is 0 Å². The number of ether oxygens (including phenoxy) is 2. The standard InChI is InChI=1S/C36H46O7/c1-4-5-6-7-8-9-10-11-12-13-14-15-16-17-18-19-33(39)43-36-34(40)29-22-21-28(41-26(2)3)25-32(29)42-35(36)27-20-23-30(37)31(38)24-27/h8-9,11-12,20-26,37-38H,4-7,10,13-19H2,1-3H3/b9-8-,12-11-. The average molecular weight is 591 g/mol. The Labute approximate surface area is 254 Å². The van der Waals surface area contributed by atoms with Gasteiger partial charge < -0.3 is 24.1 Å². The molecular formula is C36H46O7. The van der Waals surface area contributed by atoms with Gasteiger partial charge in [-0.25, -0.2) is 0 Å². The van der Waals surface area contributed by atoms with Gasteiger partial charge in [-0.3, -0.25) is 9.59 Å². The summed E-state index contributed by atoms with van der Waals surface area (Å²) in [6, 6.07) is 8.86. The third-order valence-electron chi connectivity index (χ3n) is 6.98. The number of rotatable bonds is 18. The van der Waals surface area contributed by atoms with E-state index >= 15 is 0 Å². The molecule has 0 atom stereocenters. The van der Waals surface area contributed by atoms with Gasteiger partial charge in [0.15, 0.2) is 17.3 Å². The summed E-state index contributed by atoms with van der Waals surface area (Å²) in [5.74, 6) is -0.970. The lowest BCUT2D eigenvalue weighted by Gasteiger charge is -2.13. The fourth-order valence-corrected chi connectivity index (χ4v) is 4.69. The number of phenols is 2. The number of benzene rings is 2. The topological polar surface area (TPSA) is 106 Å². The Kier molecular flexibility index (Phi) is 13.9. The number of fused-ring (bicyclic) bond motifs is 1. The molecule has 1 aromatic heterocycles. The van der Waals surface area contributed by atoms with Crippen LogP contribution < -0.4 is 14.9 Å². The van der Waals surface area contributed by atoms with Gasteiger partial charge in [0.1, 0.15) is 11.3 Å². The van der Waals surface area contributed by atoms with Crippen LogP contribution in [0.4, 0.5) is 0 Å². The number of carbonyl (C=O) groups excluding carboxylic acids is 1. The second kappa shape index (κ2) is 17.8. The highest BCUT2D eigenvalue weighted by molar-refractivity contribution is 5.85. The molecule has 232 valence electrons. The second-order valence-electron chi connectivity index (χ2n) is 11.1. The summed E-state index contributed by atoms with van der Waals surface area (Å²) in [5, 5.41) is 20.1. The number of unbranched alkanes of at least 4 members (excludes halogenated alkanes) is 8. The van der Waals surface area contributed by atoms with Crippen molar-refractivity contribution in [3.05, 3.63) is 70.9 Å². The summed E-state index contributed by atoms with van der Waals surface area (Å²) < 4.78 is 17.4. The van der Waals surface area contributed by atoms with E-state index < -0.39 is 11.4 Å². The molecule has 2 N–H and O–H groups in total. The van der Waals surface area contributed by atoms with E-state index in [1.165, 1.54) is 43.9 Å². The Morgan fingerprint density at radius 2 is 1.56 bits per heavy atom. The van der Waals surface area contributed by atoms with Crippen LogP contribution in [0.5, 0.6) is 23.0 Å². The fraction of sp³-hybridized carbons (Fsp3) is 0.444. The minimum atomic E-state index is -0.527. The summed E-state index contributed by atoms with van der Waals surface area (Å²) in [6.45, 7) is 6.00. The van der Waals surface area contributed by atoms with Gasteiger partial charge in [0.25, 0.3) is 0 Å². The summed E-state index contributed by atoms with van der Waals surface area (Å²) in [7, 11) is 0. The zero-order valence-electron chi connectivity index (χ0n) is 25.8. The Balaban J connectivity index is 1.55. The number of esters is 1. The van der Waals surface area contributed by atoms with Gasteiger partial charge in [-0.05, 0) is 82.7 Å². The van der Waals surface area contributed by atoms with Crippen molar-refractivity contribution in [2.75, 3.05) is 0 Å². The number of aromatic hydroxyl groups is 2. The Morgan fingerprint density at radius 3 is 2.26 bits per heavy atom. The quantitative estimate of drug-likeness (QED) is 0.0658. The molecule has 0 amide bonds. The van der Waals surface area contributed by atoms with Gasteiger partial charge in [-0.15, -0.1) is 0 Å². The highest BCUT2D eigenvalue weighted by atomic mass is 16.5. The maximum Gasteiger partial charge on any atom is 0.311 e. The van der Waals surface area contributed by atoms with Gasteiger partial charge in [0.2, 0.25) is 11.2 Å². The van der Waals surface area contributed by atoms with Crippen LogP contribution in [0.3, 0.4) is 0 Å². The molecule has 0 aliphatic rings. The first kappa shape index (κ1) is 33.5. The molecule has 7 heteroatoms. The van der Waals surface area contributed by atoms with E-state index in [9.17, 15) is 19.8 Å². The molecule has 0 aliphatic heterocycles. The fourth-order valence-electron chi connectivity index (χ4n) is 4.69. The third-order valence-corrected chi connectivity index (χ3v) is 6.98. The van der Waals surface area contributed by atoms with Crippen molar-refractivity contribution in [1.29, 1.82) is 0 Å². The van der Waals surface area contributed by atoms with Crippen LogP contribution in [-0.4, -0.2) is 22.3 Å². The number of phenolic OH excluding ortho intramolecular Hbond substituents is 2. The molecule has 1 heterocycles. The van der Waals surface area contributed by atoms with E-state index in [2.05, 4.69) is 31.2 Å². The summed E-state index contributed by atoms with van der Waals surface area (Å²) in [5.41, 5.74) is 0.0249. The normalized spacial score (nSPS) is 11.7. The van der Waals surface area contributed by atoms with Crippen molar-refractivity contribution < 1.29 is 28.9 Å². The summed E-state index contributed by atoms with van der Waals surface area (Å²) in [4.78, 5) is 26.2. The van der Waals surface area contributed by atoms with E-state index in [1.54, 1.807) is 18.2 Å². The molecule has 43 heavy (non-hydrogen) atoms. The molecular weight excluding hydrogens is 544 g/mol. The third kappa shape index (κ3) is 11.0. The van der Waals surface area contributed by atoms with Gasteiger partial charge in [0.05, 0.1) is 11.5 Å². The van der Waals surface area contributed by atoms with E-state index in [-0.39, 0.29) is 52.1 Å². The van der Waals surface area contributed by atoms with Gasteiger partial charge >= 0.3 is 5.97 Å². The Hall–Kier alpha value is -4.00. The maximum absolute atomic E-state index is 13.5. The molecule has 0 aliphatic carbocycles. The summed E-state index contributed by atoms with van der Waals surface area (Å²) >= 11 is 0. The zero-order valence-corrected chi connectivity index (χ0v) is 25.8. The highest BCUT2D eigenvalue weighted by Gasteiger charge is 2.22. The molecule has 0 radical (unpaired) electrons. The van der Waals surface area contributed by atoms with Crippen molar-refractivity contribution in [3.63, 3.8) is 0 Å². The molecule has 2 aromatic carbocycles. The van der Waals surface area contributed by atoms with E-state index in [1.807, 2.05) is 13.8 Å². The first-order valence-corrected chi connectivity index (χ1v) is 15.6. The van der Waals surface area contributed by atoms with Crippen LogP contribution in [0.15, 0.2) is 69.9 Å². The van der Waals surface area contributed by atoms with Crippen LogP contribution >= 0.6 is 0 Å². The molecule has 0 fully saturated rings. The largest absolute Gasteiger partial charge is 0.504 e. The van der Waals surface area contributed by atoms with Crippen molar-refractivity contribution in [3.8, 4) is 34.3 Å². The molecule has 3 aromatic rings. The van der Waals surface area contributed by atoms with Gasteiger partial charge in [-0.1, -0.05) is 63.3 Å². The minimum absolute atomic E-state index is 0.0112. The van der Waals surface area contributed by atoms with Crippen molar-refractivity contribution in [1.82, 2.24) is 0 Å². The smallest absolute Gasteiger partial charge is 0.311 e. The van der Waals surface area contributed by atoms with E-state index in [4.69, 9.17) is 13.9 Å². The summed E-state index contributed by atoms with van der Waals surface area (Å²) in [6.07, 6.45) is 20.9. The van der Waals surface area contributed by atoms with Gasteiger partial charge in [-0.2, -0.15) is 0 Å². The van der Waals surface area contributed by atoms with Crippen LogP contribution in [0.1, 0.15) is 97.8 Å². The molecule has 7 nitrogen and oxygen atoms in total. The van der Waals surface area contributed by atoms with Crippen molar-refractivity contribution in [2.24, 2.45) is 0 Å². The van der Waals surface area contributed by atoms with Gasteiger partial charge in [0, 0.05) is 18.1 Å². The molecule has 3 rings (SSSR count). The van der Waals surface area contributed by atoms with Crippen molar-refractivity contribution >= 4 is 16.9 Å². The maximum atomic E-state index is 13.5. The predicted molar refractivity (Wildman–Crippen MR) is 172 cm³/mol. The van der Waals surface area contributed by atoms with E-state index in [0.29, 0.717) is 12.2 Å². The molecule has 0 unspecified atom stereocenters. The van der Waals surface area contributed by atoms with E-state index in [0.717, 1.165) is 38.5 Å². The predicted octanol–water partition coefficient (Wildman–Crippen LogP) is 9.38.